The quantitative estimate of drug-likeness (QED) is 0.903. The minimum atomic E-state index is -1.06. The van der Waals surface area contributed by atoms with Crippen LogP contribution in [0.3, 0.4) is 0 Å². The van der Waals surface area contributed by atoms with E-state index < -0.39 is 5.97 Å². The van der Waals surface area contributed by atoms with Gasteiger partial charge in [-0.15, -0.1) is 11.3 Å². The monoisotopic (exact) mass is 292 g/mol. The van der Waals surface area contributed by atoms with Crippen LogP contribution in [0.5, 0.6) is 0 Å². The highest BCUT2D eigenvalue weighted by Crippen LogP contribution is 2.22. The first-order valence-electron chi connectivity index (χ1n) is 5.35. The van der Waals surface area contributed by atoms with E-state index in [9.17, 15) is 4.79 Å². The number of halogens is 1. The number of anilines is 1. The second-order valence-corrected chi connectivity index (χ2v) is 5.31. The van der Waals surface area contributed by atoms with Crippen LogP contribution in [0.15, 0.2) is 30.3 Å². The lowest BCUT2D eigenvalue weighted by Crippen LogP contribution is -2.01. The molecule has 0 atom stereocenters. The normalized spacial score (nSPS) is 9.89. The SMILES string of the molecule is N#Cc1ccc(CNc2ccc(Cl)c(C(=O)O)c2)s1. The van der Waals surface area contributed by atoms with Crippen LogP contribution in [-0.4, -0.2) is 11.1 Å². The molecule has 19 heavy (non-hydrogen) atoms. The molecule has 0 aliphatic heterocycles. The van der Waals surface area contributed by atoms with Crippen LogP contribution in [0.4, 0.5) is 5.69 Å². The molecule has 96 valence electrons. The Balaban J connectivity index is 2.09. The number of hydrogen-bond donors (Lipinski definition) is 2. The van der Waals surface area contributed by atoms with Gasteiger partial charge in [0.05, 0.1) is 10.6 Å². The van der Waals surface area contributed by atoms with Gasteiger partial charge in [0, 0.05) is 17.1 Å². The zero-order chi connectivity index (χ0) is 13.8. The number of carboxylic acids is 1. The highest BCUT2D eigenvalue weighted by atomic mass is 35.5. The van der Waals surface area contributed by atoms with Crippen LogP contribution < -0.4 is 5.32 Å². The Morgan fingerprint density at radius 3 is 2.84 bits per heavy atom. The summed E-state index contributed by atoms with van der Waals surface area (Å²) in [6.45, 7) is 0.535. The van der Waals surface area contributed by atoms with Crippen molar-refractivity contribution in [3.8, 4) is 6.07 Å². The lowest BCUT2D eigenvalue weighted by Gasteiger charge is -2.06. The van der Waals surface area contributed by atoms with Gasteiger partial charge in [0.2, 0.25) is 0 Å². The maximum atomic E-state index is 10.9. The van der Waals surface area contributed by atoms with Gasteiger partial charge in [-0.25, -0.2) is 4.79 Å². The molecule has 4 nitrogen and oxygen atoms in total. The Kier molecular flexibility index (Phi) is 4.05. The lowest BCUT2D eigenvalue weighted by atomic mass is 10.2. The number of thiophene rings is 1. The van der Waals surface area contributed by atoms with E-state index in [0.717, 1.165) is 4.88 Å². The number of carbonyl (C=O) groups is 1. The Labute approximate surface area is 118 Å². The number of hydrogen-bond acceptors (Lipinski definition) is 4. The summed E-state index contributed by atoms with van der Waals surface area (Å²) in [5.74, 6) is -1.06. The number of rotatable bonds is 4. The maximum absolute atomic E-state index is 10.9. The summed E-state index contributed by atoms with van der Waals surface area (Å²) in [6, 6.07) is 10.4. The molecular formula is C13H9ClN2O2S. The molecule has 0 unspecified atom stereocenters. The summed E-state index contributed by atoms with van der Waals surface area (Å²) in [4.78, 5) is 12.6. The summed E-state index contributed by atoms with van der Waals surface area (Å²) >= 11 is 7.19. The fourth-order valence-electron chi connectivity index (χ4n) is 1.52. The van der Waals surface area contributed by atoms with Crippen molar-refractivity contribution in [1.82, 2.24) is 0 Å². The molecule has 2 N–H and O–H groups in total. The van der Waals surface area contributed by atoms with Crippen LogP contribution in [0.2, 0.25) is 5.02 Å². The van der Waals surface area contributed by atoms with Gasteiger partial charge in [0.25, 0.3) is 0 Å². The third kappa shape index (κ3) is 3.25. The molecule has 6 heteroatoms. The lowest BCUT2D eigenvalue weighted by molar-refractivity contribution is 0.0697. The molecule has 0 aliphatic carbocycles. The summed E-state index contributed by atoms with van der Waals surface area (Å²) in [7, 11) is 0. The van der Waals surface area contributed by atoms with Crippen LogP contribution in [0.1, 0.15) is 20.1 Å². The van der Waals surface area contributed by atoms with Crippen molar-refractivity contribution in [2.45, 2.75) is 6.54 Å². The molecule has 0 aliphatic rings. The first-order valence-corrected chi connectivity index (χ1v) is 6.55. The number of aromatic carboxylic acids is 1. The predicted octanol–water partition coefficient (Wildman–Crippen LogP) is 3.58. The fraction of sp³-hybridized carbons (Fsp3) is 0.0769. The fourth-order valence-corrected chi connectivity index (χ4v) is 2.46. The van der Waals surface area contributed by atoms with E-state index in [4.69, 9.17) is 22.0 Å². The van der Waals surface area contributed by atoms with Gasteiger partial charge in [-0.05, 0) is 30.3 Å². The molecule has 0 spiro atoms. The minimum absolute atomic E-state index is 0.0653. The van der Waals surface area contributed by atoms with Crippen molar-refractivity contribution in [3.05, 3.63) is 50.7 Å². The van der Waals surface area contributed by atoms with Gasteiger partial charge in [-0.2, -0.15) is 5.26 Å². The molecule has 0 radical (unpaired) electrons. The number of nitrogens with one attached hydrogen (secondary N) is 1. The Hall–Kier alpha value is -2.03. The summed E-state index contributed by atoms with van der Waals surface area (Å²) in [5.41, 5.74) is 0.740. The first kappa shape index (κ1) is 13.4. The van der Waals surface area contributed by atoms with Crippen molar-refractivity contribution < 1.29 is 9.90 Å². The minimum Gasteiger partial charge on any atom is -0.478 e. The number of nitriles is 1. The van der Waals surface area contributed by atoms with E-state index >= 15 is 0 Å². The van der Waals surface area contributed by atoms with Crippen molar-refractivity contribution in [2.24, 2.45) is 0 Å². The van der Waals surface area contributed by atoms with Crippen LogP contribution in [-0.2, 0) is 6.54 Å². The van der Waals surface area contributed by atoms with Crippen LogP contribution in [0.25, 0.3) is 0 Å². The molecule has 1 aromatic heterocycles. The van der Waals surface area contributed by atoms with Crippen molar-refractivity contribution in [3.63, 3.8) is 0 Å². The smallest absolute Gasteiger partial charge is 0.337 e. The molecule has 1 aromatic carbocycles. The molecule has 0 fully saturated rings. The molecule has 2 aromatic rings. The van der Waals surface area contributed by atoms with Gasteiger partial charge in [0.15, 0.2) is 0 Å². The zero-order valence-corrected chi connectivity index (χ0v) is 11.3. The van der Waals surface area contributed by atoms with Gasteiger partial charge in [0.1, 0.15) is 10.9 Å². The molecule has 0 saturated carbocycles. The second-order valence-electron chi connectivity index (χ2n) is 3.73. The summed E-state index contributed by atoms with van der Waals surface area (Å²) < 4.78 is 0. The average molecular weight is 293 g/mol. The summed E-state index contributed by atoms with van der Waals surface area (Å²) in [6.07, 6.45) is 0. The van der Waals surface area contributed by atoms with Gasteiger partial charge in [-0.3, -0.25) is 0 Å². The number of benzene rings is 1. The van der Waals surface area contributed by atoms with Crippen LogP contribution >= 0.6 is 22.9 Å². The van der Waals surface area contributed by atoms with Gasteiger partial charge < -0.3 is 10.4 Å². The van der Waals surface area contributed by atoms with E-state index in [2.05, 4.69) is 11.4 Å². The Bertz CT molecular complexity index is 661. The molecule has 0 saturated heterocycles. The van der Waals surface area contributed by atoms with Gasteiger partial charge in [-0.1, -0.05) is 11.6 Å². The Morgan fingerprint density at radius 1 is 1.42 bits per heavy atom. The van der Waals surface area contributed by atoms with E-state index in [0.29, 0.717) is 17.1 Å². The molecule has 1 heterocycles. The topological polar surface area (TPSA) is 73.1 Å². The molecular weight excluding hydrogens is 284 g/mol. The van der Waals surface area contributed by atoms with Crippen molar-refractivity contribution >= 4 is 34.6 Å². The molecule has 0 bridgehead atoms. The summed E-state index contributed by atoms with van der Waals surface area (Å²) in [5, 5.41) is 21.0. The van der Waals surface area contributed by atoms with Gasteiger partial charge >= 0.3 is 5.97 Å². The average Bonchev–Trinajstić information content (AvgIpc) is 2.85. The van der Waals surface area contributed by atoms with Crippen molar-refractivity contribution in [1.29, 1.82) is 5.26 Å². The Morgan fingerprint density at radius 2 is 2.21 bits per heavy atom. The maximum Gasteiger partial charge on any atom is 0.337 e. The predicted molar refractivity (Wildman–Crippen MR) is 74.8 cm³/mol. The van der Waals surface area contributed by atoms with E-state index in [-0.39, 0.29) is 10.6 Å². The third-order valence-electron chi connectivity index (χ3n) is 2.44. The largest absolute Gasteiger partial charge is 0.478 e. The third-order valence-corrected chi connectivity index (χ3v) is 3.75. The standard InChI is InChI=1S/C13H9ClN2O2S/c14-12-4-1-8(5-11(12)13(17)18)16-7-10-3-2-9(6-15)19-10/h1-5,16H,7H2,(H,17,18). The number of nitrogens with zero attached hydrogens (tertiary/aromatic N) is 1. The molecule has 2 rings (SSSR count). The van der Waals surface area contributed by atoms with E-state index in [1.54, 1.807) is 18.2 Å². The second kappa shape index (κ2) is 5.74. The zero-order valence-electron chi connectivity index (χ0n) is 9.68. The first-order chi connectivity index (χ1) is 9.10. The molecule has 0 amide bonds. The van der Waals surface area contributed by atoms with E-state index in [1.807, 2.05) is 6.07 Å². The number of carboxylic acid groups (broad SMARTS) is 1. The highest BCUT2D eigenvalue weighted by Gasteiger charge is 2.09. The highest BCUT2D eigenvalue weighted by molar-refractivity contribution is 7.12. The van der Waals surface area contributed by atoms with Crippen LogP contribution in [0, 0.1) is 11.3 Å². The van der Waals surface area contributed by atoms with Crippen molar-refractivity contribution in [2.75, 3.05) is 5.32 Å². The van der Waals surface area contributed by atoms with E-state index in [1.165, 1.54) is 17.4 Å².